The van der Waals surface area contributed by atoms with Crippen molar-refractivity contribution >= 4 is 5.91 Å². The number of benzene rings is 1. The summed E-state index contributed by atoms with van der Waals surface area (Å²) in [6.07, 6.45) is 1.09. The second-order valence-electron chi connectivity index (χ2n) is 5.35. The first-order valence-corrected chi connectivity index (χ1v) is 7.17. The molecule has 1 atom stereocenters. The van der Waals surface area contributed by atoms with Crippen LogP contribution in [0.3, 0.4) is 0 Å². The fraction of sp³-hybridized carbons (Fsp3) is 0.562. The molecule has 0 aromatic heterocycles. The van der Waals surface area contributed by atoms with Crippen LogP contribution in [0.15, 0.2) is 24.3 Å². The minimum Gasteiger partial charge on any atom is -0.481 e. The van der Waals surface area contributed by atoms with Crippen molar-refractivity contribution < 1.29 is 14.6 Å². The van der Waals surface area contributed by atoms with Gasteiger partial charge in [-0.15, -0.1) is 0 Å². The summed E-state index contributed by atoms with van der Waals surface area (Å²) in [6, 6.07) is 7.44. The number of carbonyl (C=O) groups is 1. The summed E-state index contributed by atoms with van der Waals surface area (Å²) >= 11 is 0. The van der Waals surface area contributed by atoms with Gasteiger partial charge >= 0.3 is 0 Å². The number of hydrogen-bond acceptors (Lipinski definition) is 3. The van der Waals surface area contributed by atoms with E-state index in [9.17, 15) is 4.79 Å². The van der Waals surface area contributed by atoms with Crippen molar-refractivity contribution in [3.8, 4) is 5.75 Å². The third kappa shape index (κ3) is 6.06. The highest BCUT2D eigenvalue weighted by Gasteiger charge is 2.14. The molecule has 0 saturated heterocycles. The maximum absolute atomic E-state index is 11.8. The van der Waals surface area contributed by atoms with Gasteiger partial charge in [-0.3, -0.25) is 4.79 Å². The molecular formula is C16H25NO3. The third-order valence-corrected chi connectivity index (χ3v) is 3.03. The summed E-state index contributed by atoms with van der Waals surface area (Å²) in [6.45, 7) is 6.81. The van der Waals surface area contributed by atoms with Crippen molar-refractivity contribution in [3.05, 3.63) is 29.8 Å². The zero-order valence-corrected chi connectivity index (χ0v) is 12.6. The van der Waals surface area contributed by atoms with E-state index in [-0.39, 0.29) is 12.5 Å². The number of amides is 1. The Morgan fingerprint density at radius 1 is 1.25 bits per heavy atom. The van der Waals surface area contributed by atoms with Crippen molar-refractivity contribution in [2.24, 2.45) is 5.92 Å². The summed E-state index contributed by atoms with van der Waals surface area (Å²) in [5.41, 5.74) is 1.05. The van der Waals surface area contributed by atoms with Gasteiger partial charge in [0, 0.05) is 13.2 Å². The largest absolute Gasteiger partial charge is 0.481 e. The van der Waals surface area contributed by atoms with Gasteiger partial charge in [0.15, 0.2) is 6.10 Å². The van der Waals surface area contributed by atoms with Crippen LogP contribution >= 0.6 is 0 Å². The molecule has 112 valence electrons. The molecule has 0 spiro atoms. The molecule has 2 N–H and O–H groups in total. The van der Waals surface area contributed by atoms with Gasteiger partial charge in [0.25, 0.3) is 5.91 Å². The number of hydrogen-bond donors (Lipinski definition) is 2. The standard InChI is InChI=1S/C16H25NO3/c1-12(2)8-10-17-16(19)13(3)20-15-6-4-14(5-7-15)9-11-18/h4-7,12-13,18H,8-11H2,1-3H3,(H,17,19). The highest BCUT2D eigenvalue weighted by Crippen LogP contribution is 2.14. The Morgan fingerprint density at radius 2 is 1.90 bits per heavy atom. The Balaban J connectivity index is 2.40. The molecule has 1 amide bonds. The van der Waals surface area contributed by atoms with E-state index in [2.05, 4.69) is 19.2 Å². The van der Waals surface area contributed by atoms with E-state index in [0.717, 1.165) is 12.0 Å². The number of ether oxygens (including phenoxy) is 1. The Hall–Kier alpha value is -1.55. The molecule has 0 bridgehead atoms. The lowest BCUT2D eigenvalue weighted by atomic mass is 10.1. The lowest BCUT2D eigenvalue weighted by molar-refractivity contribution is -0.127. The topological polar surface area (TPSA) is 58.6 Å². The monoisotopic (exact) mass is 279 g/mol. The van der Waals surface area contributed by atoms with Crippen LogP contribution in [-0.4, -0.2) is 30.3 Å². The molecule has 4 heteroatoms. The Morgan fingerprint density at radius 3 is 2.45 bits per heavy atom. The molecule has 1 aromatic rings. The van der Waals surface area contributed by atoms with Gasteiger partial charge in [0.05, 0.1) is 0 Å². The van der Waals surface area contributed by atoms with E-state index in [0.29, 0.717) is 24.6 Å². The maximum Gasteiger partial charge on any atom is 0.260 e. The van der Waals surface area contributed by atoms with Gasteiger partial charge in [0.1, 0.15) is 5.75 Å². The van der Waals surface area contributed by atoms with E-state index in [1.807, 2.05) is 24.3 Å². The highest BCUT2D eigenvalue weighted by atomic mass is 16.5. The molecule has 1 aromatic carbocycles. The Labute approximate surface area is 121 Å². The number of aliphatic hydroxyl groups excluding tert-OH is 1. The van der Waals surface area contributed by atoms with Crippen LogP contribution in [0, 0.1) is 5.92 Å². The minimum atomic E-state index is -0.508. The van der Waals surface area contributed by atoms with Crippen LogP contribution in [-0.2, 0) is 11.2 Å². The van der Waals surface area contributed by atoms with Crippen LogP contribution < -0.4 is 10.1 Å². The first-order chi connectivity index (χ1) is 9.52. The minimum absolute atomic E-state index is 0.0925. The van der Waals surface area contributed by atoms with Crippen LogP contribution in [0.5, 0.6) is 5.75 Å². The van der Waals surface area contributed by atoms with E-state index in [4.69, 9.17) is 9.84 Å². The molecular weight excluding hydrogens is 254 g/mol. The van der Waals surface area contributed by atoms with Gasteiger partial charge in [-0.25, -0.2) is 0 Å². The quantitative estimate of drug-likeness (QED) is 0.766. The zero-order valence-electron chi connectivity index (χ0n) is 12.6. The smallest absolute Gasteiger partial charge is 0.260 e. The number of nitrogens with one attached hydrogen (secondary N) is 1. The first kappa shape index (κ1) is 16.5. The number of rotatable bonds is 8. The number of carbonyl (C=O) groups excluding carboxylic acids is 1. The SMILES string of the molecule is CC(C)CCNC(=O)C(C)Oc1ccc(CCO)cc1. The van der Waals surface area contributed by atoms with Gasteiger partial charge < -0.3 is 15.2 Å². The molecule has 0 radical (unpaired) electrons. The lowest BCUT2D eigenvalue weighted by Gasteiger charge is -2.15. The van der Waals surface area contributed by atoms with Crippen molar-refractivity contribution in [2.75, 3.05) is 13.2 Å². The summed E-state index contributed by atoms with van der Waals surface area (Å²) < 4.78 is 5.59. The average molecular weight is 279 g/mol. The van der Waals surface area contributed by atoms with Crippen molar-refractivity contribution in [2.45, 2.75) is 39.7 Å². The predicted molar refractivity (Wildman–Crippen MR) is 79.8 cm³/mol. The highest BCUT2D eigenvalue weighted by molar-refractivity contribution is 5.80. The molecule has 0 fully saturated rings. The van der Waals surface area contributed by atoms with Gasteiger partial charge in [-0.1, -0.05) is 26.0 Å². The number of aliphatic hydroxyl groups is 1. The van der Waals surface area contributed by atoms with E-state index >= 15 is 0 Å². The lowest BCUT2D eigenvalue weighted by Crippen LogP contribution is -2.37. The van der Waals surface area contributed by atoms with Crippen molar-refractivity contribution in [1.29, 1.82) is 0 Å². The summed E-state index contributed by atoms with van der Waals surface area (Å²) in [7, 11) is 0. The van der Waals surface area contributed by atoms with E-state index in [1.165, 1.54) is 0 Å². The van der Waals surface area contributed by atoms with E-state index < -0.39 is 6.10 Å². The van der Waals surface area contributed by atoms with Crippen molar-refractivity contribution in [1.82, 2.24) is 5.32 Å². The van der Waals surface area contributed by atoms with Gasteiger partial charge in [-0.05, 0) is 43.4 Å². The molecule has 0 saturated carbocycles. The predicted octanol–water partition coefficient (Wildman–Crippen LogP) is 2.15. The molecule has 0 aliphatic carbocycles. The second kappa shape index (κ2) is 8.59. The molecule has 0 heterocycles. The Bertz CT molecular complexity index is 401. The van der Waals surface area contributed by atoms with Crippen LogP contribution in [0.2, 0.25) is 0 Å². The fourth-order valence-corrected chi connectivity index (χ4v) is 1.75. The first-order valence-electron chi connectivity index (χ1n) is 7.17. The zero-order chi connectivity index (χ0) is 15.0. The molecule has 20 heavy (non-hydrogen) atoms. The molecule has 4 nitrogen and oxygen atoms in total. The third-order valence-electron chi connectivity index (χ3n) is 3.03. The molecule has 0 aliphatic rings. The maximum atomic E-state index is 11.8. The normalized spacial score (nSPS) is 12.2. The van der Waals surface area contributed by atoms with Crippen LogP contribution in [0.4, 0.5) is 0 Å². The van der Waals surface area contributed by atoms with E-state index in [1.54, 1.807) is 6.92 Å². The molecule has 1 unspecified atom stereocenters. The average Bonchev–Trinajstić information content (AvgIpc) is 2.40. The second-order valence-corrected chi connectivity index (χ2v) is 5.35. The molecule has 0 aliphatic heterocycles. The summed E-state index contributed by atoms with van der Waals surface area (Å²) in [5.74, 6) is 1.15. The van der Waals surface area contributed by atoms with Gasteiger partial charge in [0.2, 0.25) is 0 Å². The van der Waals surface area contributed by atoms with Crippen molar-refractivity contribution in [3.63, 3.8) is 0 Å². The fourth-order valence-electron chi connectivity index (χ4n) is 1.75. The van der Waals surface area contributed by atoms with Gasteiger partial charge in [-0.2, -0.15) is 0 Å². The van der Waals surface area contributed by atoms with Crippen LogP contribution in [0.25, 0.3) is 0 Å². The summed E-state index contributed by atoms with van der Waals surface area (Å²) in [5, 5.41) is 11.7. The molecule has 1 rings (SSSR count). The van der Waals surface area contributed by atoms with Crippen LogP contribution in [0.1, 0.15) is 32.8 Å². The summed E-state index contributed by atoms with van der Waals surface area (Å²) in [4.78, 5) is 11.8. The Kier molecular flexibility index (Phi) is 7.09.